The fourth-order valence-corrected chi connectivity index (χ4v) is 5.08. The molecular weight excluding hydrogens is 458 g/mol. The van der Waals surface area contributed by atoms with E-state index in [1.807, 2.05) is 0 Å². The molecule has 0 aliphatic carbocycles. The maximum absolute atomic E-state index is 12.7. The van der Waals surface area contributed by atoms with E-state index in [2.05, 4.69) is 31.4 Å². The number of nitrogens with two attached hydrogens (primary N) is 1. The first kappa shape index (κ1) is 35.9. The number of carbonyl (C=O) groups is 2. The summed E-state index contributed by atoms with van der Waals surface area (Å²) in [5.41, 5.74) is 6.09. The largest absolute Gasteiger partial charge is 0.356 e. The zero-order chi connectivity index (χ0) is 27.4. The summed E-state index contributed by atoms with van der Waals surface area (Å²) >= 11 is 0. The van der Waals surface area contributed by atoms with E-state index in [-0.39, 0.29) is 17.7 Å². The van der Waals surface area contributed by atoms with Crippen molar-refractivity contribution < 1.29 is 9.59 Å². The van der Waals surface area contributed by atoms with Crippen LogP contribution in [0.5, 0.6) is 0 Å². The van der Waals surface area contributed by atoms with Crippen molar-refractivity contribution in [1.29, 1.82) is 0 Å². The third-order valence-corrected chi connectivity index (χ3v) is 7.52. The lowest BCUT2D eigenvalue weighted by Gasteiger charge is -2.18. The normalized spacial score (nSPS) is 12.9. The van der Waals surface area contributed by atoms with E-state index in [4.69, 9.17) is 5.73 Å². The molecule has 0 bridgehead atoms. The van der Waals surface area contributed by atoms with Crippen LogP contribution in [-0.4, -0.2) is 24.5 Å². The molecule has 220 valence electrons. The van der Waals surface area contributed by atoms with E-state index in [0.29, 0.717) is 19.4 Å². The minimum Gasteiger partial charge on any atom is -0.356 e. The van der Waals surface area contributed by atoms with E-state index >= 15 is 0 Å². The van der Waals surface area contributed by atoms with Gasteiger partial charge in [-0.2, -0.15) is 0 Å². The Morgan fingerprint density at radius 2 is 1.03 bits per heavy atom. The number of amides is 2. The number of unbranched alkanes of at least 4 members (excludes halogenated alkanes) is 17. The zero-order valence-electron chi connectivity index (χ0n) is 25.2. The molecule has 0 saturated carbocycles. The van der Waals surface area contributed by atoms with Gasteiger partial charge in [0.25, 0.3) is 0 Å². The Hall–Kier alpha value is -1.10. The molecule has 37 heavy (non-hydrogen) atoms. The Bertz CT molecular complexity index is 512. The quantitative estimate of drug-likeness (QED) is 0.0709. The SMILES string of the molecule is CCCCCCCCCCCCC(CCC)C(=O)NCCC(N)NC(=O)CCCCCCCCCCC. The first-order valence-electron chi connectivity index (χ1n) is 16.4. The second-order valence-electron chi connectivity index (χ2n) is 11.3. The van der Waals surface area contributed by atoms with Crippen LogP contribution < -0.4 is 16.4 Å². The van der Waals surface area contributed by atoms with Gasteiger partial charge in [-0.05, 0) is 25.7 Å². The van der Waals surface area contributed by atoms with E-state index < -0.39 is 6.17 Å². The van der Waals surface area contributed by atoms with E-state index in [1.165, 1.54) is 103 Å². The van der Waals surface area contributed by atoms with Crippen LogP contribution in [0.2, 0.25) is 0 Å². The van der Waals surface area contributed by atoms with Crippen LogP contribution in [0.1, 0.15) is 175 Å². The molecule has 0 aliphatic heterocycles. The summed E-state index contributed by atoms with van der Waals surface area (Å²) in [6.45, 7) is 7.19. The summed E-state index contributed by atoms with van der Waals surface area (Å²) < 4.78 is 0. The van der Waals surface area contributed by atoms with Gasteiger partial charge in [0.05, 0.1) is 6.17 Å². The average Bonchev–Trinajstić information content (AvgIpc) is 2.88. The summed E-state index contributed by atoms with van der Waals surface area (Å²) in [4.78, 5) is 24.8. The maximum atomic E-state index is 12.7. The van der Waals surface area contributed by atoms with E-state index in [0.717, 1.165) is 38.5 Å². The van der Waals surface area contributed by atoms with Crippen LogP contribution >= 0.6 is 0 Å². The summed E-state index contributed by atoms with van der Waals surface area (Å²) in [5.74, 6) is 0.300. The Labute approximate surface area is 231 Å². The van der Waals surface area contributed by atoms with Crippen molar-refractivity contribution in [3.63, 3.8) is 0 Å². The molecule has 0 aliphatic rings. The summed E-state index contributed by atoms with van der Waals surface area (Å²) in [5, 5.41) is 5.96. The van der Waals surface area contributed by atoms with Crippen molar-refractivity contribution in [3.05, 3.63) is 0 Å². The molecule has 4 N–H and O–H groups in total. The monoisotopic (exact) mass is 524 g/mol. The van der Waals surface area contributed by atoms with Crippen LogP contribution in [0.3, 0.4) is 0 Å². The predicted octanol–water partition coefficient (Wildman–Crippen LogP) is 8.54. The van der Waals surface area contributed by atoms with Gasteiger partial charge in [0.2, 0.25) is 11.8 Å². The van der Waals surface area contributed by atoms with Crippen LogP contribution in [0.15, 0.2) is 0 Å². The summed E-state index contributed by atoms with van der Waals surface area (Å²) in [6, 6.07) is 0. The topological polar surface area (TPSA) is 84.2 Å². The lowest BCUT2D eigenvalue weighted by Crippen LogP contribution is -2.44. The Kier molecular flexibility index (Phi) is 27.1. The smallest absolute Gasteiger partial charge is 0.223 e. The van der Waals surface area contributed by atoms with E-state index in [9.17, 15) is 9.59 Å². The first-order chi connectivity index (χ1) is 18.0. The molecule has 5 nitrogen and oxygen atoms in total. The Balaban J connectivity index is 3.81. The molecule has 0 aromatic carbocycles. The second-order valence-corrected chi connectivity index (χ2v) is 11.3. The van der Waals surface area contributed by atoms with Gasteiger partial charge >= 0.3 is 0 Å². The molecule has 2 atom stereocenters. The minimum absolute atomic E-state index is 0.0339. The van der Waals surface area contributed by atoms with Crippen LogP contribution in [0.25, 0.3) is 0 Å². The number of rotatable bonds is 28. The molecule has 0 radical (unpaired) electrons. The fourth-order valence-electron chi connectivity index (χ4n) is 5.08. The lowest BCUT2D eigenvalue weighted by atomic mass is 9.95. The van der Waals surface area contributed by atoms with Gasteiger partial charge in [0.1, 0.15) is 0 Å². The minimum atomic E-state index is -0.391. The third-order valence-electron chi connectivity index (χ3n) is 7.52. The highest BCUT2D eigenvalue weighted by atomic mass is 16.2. The molecule has 0 aromatic rings. The Morgan fingerprint density at radius 1 is 0.568 bits per heavy atom. The molecule has 5 heteroatoms. The molecule has 0 rings (SSSR count). The Morgan fingerprint density at radius 3 is 1.51 bits per heavy atom. The molecule has 2 unspecified atom stereocenters. The van der Waals surface area contributed by atoms with Crippen molar-refractivity contribution in [2.45, 2.75) is 181 Å². The van der Waals surface area contributed by atoms with Crippen LogP contribution in [0.4, 0.5) is 0 Å². The molecule has 2 amide bonds. The van der Waals surface area contributed by atoms with E-state index in [1.54, 1.807) is 0 Å². The highest BCUT2D eigenvalue weighted by molar-refractivity contribution is 5.78. The van der Waals surface area contributed by atoms with Gasteiger partial charge in [0, 0.05) is 18.9 Å². The van der Waals surface area contributed by atoms with Crippen molar-refractivity contribution in [1.82, 2.24) is 10.6 Å². The second kappa shape index (κ2) is 27.9. The maximum Gasteiger partial charge on any atom is 0.223 e. The fraction of sp³-hybridized carbons (Fsp3) is 0.938. The van der Waals surface area contributed by atoms with Crippen molar-refractivity contribution in [2.24, 2.45) is 11.7 Å². The molecule has 0 spiro atoms. The summed E-state index contributed by atoms with van der Waals surface area (Å²) in [6.07, 6.45) is 28.1. The van der Waals surface area contributed by atoms with Crippen molar-refractivity contribution in [2.75, 3.05) is 6.54 Å². The van der Waals surface area contributed by atoms with Gasteiger partial charge in [-0.1, -0.05) is 143 Å². The molecule has 0 fully saturated rings. The van der Waals surface area contributed by atoms with Gasteiger partial charge < -0.3 is 16.4 Å². The molecule has 0 heterocycles. The van der Waals surface area contributed by atoms with Gasteiger partial charge in [0.15, 0.2) is 0 Å². The highest BCUT2D eigenvalue weighted by Crippen LogP contribution is 2.18. The van der Waals surface area contributed by atoms with Gasteiger partial charge in [-0.25, -0.2) is 0 Å². The van der Waals surface area contributed by atoms with Crippen LogP contribution in [0, 0.1) is 5.92 Å². The van der Waals surface area contributed by atoms with Gasteiger partial charge in [-0.3, -0.25) is 9.59 Å². The average molecular weight is 524 g/mol. The van der Waals surface area contributed by atoms with Crippen molar-refractivity contribution >= 4 is 11.8 Å². The molecule has 0 aromatic heterocycles. The van der Waals surface area contributed by atoms with Crippen LogP contribution in [-0.2, 0) is 9.59 Å². The number of hydrogen-bond acceptors (Lipinski definition) is 3. The third kappa shape index (κ3) is 25.0. The first-order valence-corrected chi connectivity index (χ1v) is 16.4. The number of nitrogens with one attached hydrogen (secondary N) is 2. The predicted molar refractivity (Wildman–Crippen MR) is 160 cm³/mol. The highest BCUT2D eigenvalue weighted by Gasteiger charge is 2.17. The number of carbonyl (C=O) groups excluding carboxylic acids is 2. The summed E-state index contributed by atoms with van der Waals surface area (Å²) in [7, 11) is 0. The van der Waals surface area contributed by atoms with Crippen molar-refractivity contribution in [3.8, 4) is 0 Å². The standard InChI is InChI=1S/C32H65N3O2/c1-4-7-9-11-13-15-17-18-20-22-25-29(24-6-3)32(37)34-28-27-30(33)35-31(36)26-23-21-19-16-14-12-10-8-5-2/h29-30H,4-28,33H2,1-3H3,(H,34,37)(H,35,36). The zero-order valence-corrected chi connectivity index (χ0v) is 25.2. The molecular formula is C32H65N3O2. The number of hydrogen-bond donors (Lipinski definition) is 3. The van der Waals surface area contributed by atoms with Gasteiger partial charge in [-0.15, -0.1) is 0 Å². The molecule has 0 saturated heterocycles. The lowest BCUT2D eigenvalue weighted by molar-refractivity contribution is -0.125.